The molecule has 0 saturated carbocycles. The molecular formula is C17H24. The largest absolute Gasteiger partial charge is 0.0840 e. The molecule has 0 saturated heterocycles. The second-order valence-corrected chi connectivity index (χ2v) is 4.68. The Morgan fingerprint density at radius 2 is 1.76 bits per heavy atom. The van der Waals surface area contributed by atoms with Gasteiger partial charge in [-0.05, 0) is 36.3 Å². The maximum atomic E-state index is 2.34. The molecule has 92 valence electrons. The number of rotatable bonds is 2. The van der Waals surface area contributed by atoms with Crippen LogP contribution in [0, 0.1) is 5.92 Å². The van der Waals surface area contributed by atoms with E-state index >= 15 is 0 Å². The van der Waals surface area contributed by atoms with Gasteiger partial charge >= 0.3 is 0 Å². The summed E-state index contributed by atoms with van der Waals surface area (Å²) in [5.41, 5.74) is 2.91. The first-order valence-corrected chi connectivity index (χ1v) is 6.64. The summed E-state index contributed by atoms with van der Waals surface area (Å²) in [4.78, 5) is 0. The predicted octanol–water partition coefficient (Wildman–Crippen LogP) is 5.17. The van der Waals surface area contributed by atoms with Crippen LogP contribution in [0.2, 0.25) is 0 Å². The Morgan fingerprint density at radius 1 is 1.06 bits per heavy atom. The number of benzene rings is 1. The van der Waals surface area contributed by atoms with E-state index in [9.17, 15) is 0 Å². The highest BCUT2D eigenvalue weighted by atomic mass is 14.1. The highest BCUT2D eigenvalue weighted by Crippen LogP contribution is 2.16. The van der Waals surface area contributed by atoms with Gasteiger partial charge in [0.05, 0.1) is 0 Å². The molecule has 17 heavy (non-hydrogen) atoms. The van der Waals surface area contributed by atoms with Crippen LogP contribution in [-0.2, 0) is 6.42 Å². The molecule has 1 aromatic rings. The minimum absolute atomic E-state index is 0.710. The summed E-state index contributed by atoms with van der Waals surface area (Å²) < 4.78 is 0. The average molecular weight is 228 g/mol. The summed E-state index contributed by atoms with van der Waals surface area (Å²) in [7, 11) is 0. The molecular weight excluding hydrogens is 204 g/mol. The summed E-state index contributed by atoms with van der Waals surface area (Å²) >= 11 is 0. The Hall–Kier alpha value is -1.30. The monoisotopic (exact) mass is 228 g/mol. The number of hydrogen-bond donors (Lipinski definition) is 0. The zero-order valence-electron chi connectivity index (χ0n) is 11.3. The molecule has 1 aromatic carbocycles. The number of aryl methyl sites for hydroxylation is 1. The van der Waals surface area contributed by atoms with E-state index in [2.05, 4.69) is 63.3 Å². The van der Waals surface area contributed by atoms with E-state index in [4.69, 9.17) is 0 Å². The molecule has 1 aliphatic carbocycles. The first-order chi connectivity index (χ1) is 8.24. The molecule has 0 heteroatoms. The lowest BCUT2D eigenvalue weighted by molar-refractivity contribution is 0.773. The van der Waals surface area contributed by atoms with Gasteiger partial charge in [-0.1, -0.05) is 69.3 Å². The van der Waals surface area contributed by atoms with Crippen LogP contribution in [0.4, 0.5) is 0 Å². The lowest BCUT2D eigenvalue weighted by Gasteiger charge is -2.08. The topological polar surface area (TPSA) is 0 Å². The van der Waals surface area contributed by atoms with Gasteiger partial charge in [0, 0.05) is 0 Å². The molecule has 0 bridgehead atoms. The van der Waals surface area contributed by atoms with Crippen LogP contribution in [0.25, 0.3) is 0 Å². The first-order valence-electron chi connectivity index (χ1n) is 6.64. The van der Waals surface area contributed by atoms with Gasteiger partial charge in [-0.2, -0.15) is 0 Å². The highest BCUT2D eigenvalue weighted by molar-refractivity contribution is 5.23. The third-order valence-electron chi connectivity index (χ3n) is 2.94. The second-order valence-electron chi connectivity index (χ2n) is 4.68. The zero-order chi connectivity index (χ0) is 12.5. The standard InChI is InChI=1S/C9H14.C8H10/c1-8(2)9-6-4-3-5-7-9;1-2-8-6-4-3-5-7-8/h4,6-8H,3,5H2,1-2H3;3-7H,2H2,1H3. The lowest BCUT2D eigenvalue weighted by Crippen LogP contribution is -1.92. The fourth-order valence-electron chi connectivity index (χ4n) is 1.78. The van der Waals surface area contributed by atoms with Gasteiger partial charge in [-0.25, -0.2) is 0 Å². The van der Waals surface area contributed by atoms with Crippen molar-refractivity contribution in [1.82, 2.24) is 0 Å². The van der Waals surface area contributed by atoms with Crippen molar-refractivity contribution in [3.05, 3.63) is 59.7 Å². The molecule has 0 aromatic heterocycles. The summed E-state index contributed by atoms with van der Waals surface area (Å²) in [6.45, 7) is 6.64. The van der Waals surface area contributed by atoms with Crippen LogP contribution in [-0.4, -0.2) is 0 Å². The van der Waals surface area contributed by atoms with Crippen molar-refractivity contribution in [3.63, 3.8) is 0 Å². The molecule has 0 N–H and O–H groups in total. The highest BCUT2D eigenvalue weighted by Gasteiger charge is 1.99. The Labute approximate surface area is 106 Å². The molecule has 0 spiro atoms. The van der Waals surface area contributed by atoms with Crippen LogP contribution in [0.5, 0.6) is 0 Å². The summed E-state index contributed by atoms with van der Waals surface area (Å²) in [5.74, 6) is 0.710. The van der Waals surface area contributed by atoms with E-state index in [0.717, 1.165) is 6.42 Å². The SMILES string of the molecule is CC(C)C1=CCCC=C1.CCc1ccccc1. The smallest absolute Gasteiger partial charge is 0.0222 e. The van der Waals surface area contributed by atoms with Crippen molar-refractivity contribution in [3.8, 4) is 0 Å². The Bertz CT molecular complexity index is 355. The second kappa shape index (κ2) is 7.89. The van der Waals surface area contributed by atoms with Gasteiger partial charge in [0.25, 0.3) is 0 Å². The Balaban J connectivity index is 0.000000171. The molecule has 0 nitrogen and oxygen atoms in total. The molecule has 1 aliphatic rings. The van der Waals surface area contributed by atoms with E-state index in [1.54, 1.807) is 0 Å². The third kappa shape index (κ3) is 5.53. The normalized spacial score (nSPS) is 14.0. The molecule has 2 rings (SSSR count). The van der Waals surface area contributed by atoms with Crippen molar-refractivity contribution in [1.29, 1.82) is 0 Å². The summed E-state index contributed by atoms with van der Waals surface area (Å²) in [5, 5.41) is 0. The maximum absolute atomic E-state index is 2.34. The Morgan fingerprint density at radius 3 is 2.12 bits per heavy atom. The quantitative estimate of drug-likeness (QED) is 0.655. The molecule has 0 atom stereocenters. The fourth-order valence-corrected chi connectivity index (χ4v) is 1.78. The van der Waals surface area contributed by atoms with Crippen LogP contribution in [0.1, 0.15) is 39.2 Å². The van der Waals surface area contributed by atoms with E-state index in [1.807, 2.05) is 6.07 Å². The Kier molecular flexibility index (Phi) is 6.39. The van der Waals surface area contributed by atoms with Crippen molar-refractivity contribution in [2.24, 2.45) is 5.92 Å². The van der Waals surface area contributed by atoms with Crippen LogP contribution in [0.3, 0.4) is 0 Å². The van der Waals surface area contributed by atoms with Gasteiger partial charge in [0.2, 0.25) is 0 Å². The van der Waals surface area contributed by atoms with Gasteiger partial charge in [-0.3, -0.25) is 0 Å². The molecule has 0 heterocycles. The third-order valence-corrected chi connectivity index (χ3v) is 2.94. The van der Waals surface area contributed by atoms with Gasteiger partial charge in [0.15, 0.2) is 0 Å². The maximum Gasteiger partial charge on any atom is -0.0222 e. The van der Waals surface area contributed by atoms with Crippen molar-refractivity contribution in [2.45, 2.75) is 40.0 Å². The fraction of sp³-hybridized carbons (Fsp3) is 0.412. The molecule has 0 radical (unpaired) electrons. The number of allylic oxidation sites excluding steroid dienone is 4. The van der Waals surface area contributed by atoms with Crippen molar-refractivity contribution in [2.75, 3.05) is 0 Å². The first kappa shape index (κ1) is 13.8. The van der Waals surface area contributed by atoms with Crippen LogP contribution >= 0.6 is 0 Å². The molecule has 0 amide bonds. The van der Waals surface area contributed by atoms with E-state index < -0.39 is 0 Å². The minimum atomic E-state index is 0.710. The minimum Gasteiger partial charge on any atom is -0.0840 e. The molecule has 0 fully saturated rings. The molecule has 0 unspecified atom stereocenters. The number of hydrogen-bond acceptors (Lipinski definition) is 0. The van der Waals surface area contributed by atoms with Gasteiger partial charge in [-0.15, -0.1) is 0 Å². The summed E-state index contributed by atoms with van der Waals surface area (Å²) in [6.07, 6.45) is 10.5. The predicted molar refractivity (Wildman–Crippen MR) is 77.1 cm³/mol. The van der Waals surface area contributed by atoms with Crippen molar-refractivity contribution < 1.29 is 0 Å². The van der Waals surface area contributed by atoms with Gasteiger partial charge < -0.3 is 0 Å². The zero-order valence-corrected chi connectivity index (χ0v) is 11.3. The van der Waals surface area contributed by atoms with Crippen molar-refractivity contribution >= 4 is 0 Å². The van der Waals surface area contributed by atoms with Crippen LogP contribution < -0.4 is 0 Å². The average Bonchev–Trinajstić information content (AvgIpc) is 2.41. The lowest BCUT2D eigenvalue weighted by atomic mass is 9.97. The van der Waals surface area contributed by atoms with E-state index in [0.29, 0.717) is 5.92 Å². The van der Waals surface area contributed by atoms with E-state index in [-0.39, 0.29) is 0 Å². The van der Waals surface area contributed by atoms with E-state index in [1.165, 1.54) is 24.0 Å². The van der Waals surface area contributed by atoms with Crippen LogP contribution in [0.15, 0.2) is 54.1 Å². The van der Waals surface area contributed by atoms with Gasteiger partial charge in [0.1, 0.15) is 0 Å². The summed E-state index contributed by atoms with van der Waals surface area (Å²) in [6, 6.07) is 10.5. The molecule has 0 aliphatic heterocycles.